The van der Waals surface area contributed by atoms with Crippen LogP contribution in [0.4, 0.5) is 0 Å². The standard InChI is InChI=1S/C6H16PSi.C5H5.4CH3.ClH.Cr/c1-5-7(6-2)8(3)4;1-2-4-5-3-1;;;;;;/h5-6H2,1-4H3;1-5H;4*1H3;1H;. The number of allylic oxidation sites excluding steroid dienone is 4. The van der Waals surface area contributed by atoms with Crippen LogP contribution in [0.5, 0.6) is 0 Å². The SMILES string of the molecule is CCP(CC)[Si](C)(C)[Cr]([CH3])([CH3])([CH3])([CH3])[CH]1C=CC=C1.Cl. The van der Waals surface area contributed by atoms with Crippen LogP contribution in [0.3, 0.4) is 0 Å². The summed E-state index contributed by atoms with van der Waals surface area (Å²) in [5, 5.41) is 0. The van der Waals surface area contributed by atoms with Crippen molar-refractivity contribution in [2.75, 3.05) is 12.3 Å². The molecule has 0 bridgehead atoms. The van der Waals surface area contributed by atoms with E-state index in [1.807, 2.05) is 0 Å². The molecule has 0 heterocycles. The van der Waals surface area contributed by atoms with Crippen molar-refractivity contribution in [3.63, 3.8) is 0 Å². The Kier molecular flexibility index (Phi) is 5.56. The van der Waals surface area contributed by atoms with Gasteiger partial charge in [-0.05, 0) is 0 Å². The molecule has 0 aliphatic heterocycles. The Balaban J connectivity index is 0.00000324. The average Bonchev–Trinajstić information content (AvgIpc) is 2.70. The van der Waals surface area contributed by atoms with E-state index in [0.717, 1.165) is 4.78 Å². The van der Waals surface area contributed by atoms with Gasteiger partial charge in [-0.25, -0.2) is 0 Å². The maximum atomic E-state index is 2.71. The third kappa shape index (κ3) is 2.95. The van der Waals surface area contributed by atoms with Crippen molar-refractivity contribution < 1.29 is 10.3 Å². The van der Waals surface area contributed by atoms with Gasteiger partial charge in [0, 0.05) is 0 Å². The Morgan fingerprint density at radius 2 is 1.32 bits per heavy atom. The van der Waals surface area contributed by atoms with E-state index in [4.69, 9.17) is 0 Å². The zero-order chi connectivity index (χ0) is 14.3. The minimum atomic E-state index is -2.70. The number of halogens is 1. The van der Waals surface area contributed by atoms with Crippen molar-refractivity contribution in [3.05, 3.63) is 24.3 Å². The fraction of sp³-hybridized carbons (Fsp3) is 0.733. The van der Waals surface area contributed by atoms with Crippen LogP contribution < -0.4 is 0 Å². The molecule has 116 valence electrons. The van der Waals surface area contributed by atoms with Crippen LogP contribution in [0, 0.1) is 0 Å². The maximum Gasteiger partial charge on any atom is -0.147 e. The van der Waals surface area contributed by atoms with Crippen LogP contribution in [0.2, 0.25) is 41.0 Å². The van der Waals surface area contributed by atoms with E-state index in [1.165, 1.54) is 12.3 Å². The largest absolute Gasteiger partial charge is 0.147 e. The van der Waals surface area contributed by atoms with Crippen molar-refractivity contribution in [2.24, 2.45) is 0 Å². The molecule has 19 heavy (non-hydrogen) atoms. The second-order valence-corrected chi connectivity index (χ2v) is 47.0. The second kappa shape index (κ2) is 5.30. The van der Waals surface area contributed by atoms with Crippen molar-refractivity contribution in [1.82, 2.24) is 0 Å². The summed E-state index contributed by atoms with van der Waals surface area (Å²) in [5.74, 6) is 10.9. The van der Waals surface area contributed by atoms with E-state index in [-0.39, 0.29) is 19.9 Å². The van der Waals surface area contributed by atoms with Gasteiger partial charge in [-0.3, -0.25) is 0 Å². The van der Waals surface area contributed by atoms with Gasteiger partial charge in [0.05, 0.1) is 0 Å². The molecule has 0 fully saturated rings. The van der Waals surface area contributed by atoms with E-state index >= 15 is 0 Å². The van der Waals surface area contributed by atoms with Gasteiger partial charge in [0.15, 0.2) is 0 Å². The zero-order valence-electron chi connectivity index (χ0n) is 14.1. The smallest absolute Gasteiger partial charge is 0.147 e. The van der Waals surface area contributed by atoms with E-state index in [9.17, 15) is 0 Å². The fourth-order valence-corrected chi connectivity index (χ4v) is 43.0. The number of hydrogen-bond donors (Lipinski definition) is 0. The molecule has 0 spiro atoms. The first-order chi connectivity index (χ1) is 7.91. The first-order valence-electron chi connectivity index (χ1n) is 7.01. The molecule has 0 aromatic heterocycles. The molecule has 0 aromatic rings. The Hall–Kier alpha value is 0.949. The van der Waals surface area contributed by atoms with Crippen molar-refractivity contribution in [1.29, 1.82) is 0 Å². The predicted molar refractivity (Wildman–Crippen MR) is 98.2 cm³/mol. The Morgan fingerprint density at radius 3 is 1.63 bits per heavy atom. The molecule has 0 saturated carbocycles. The molecule has 0 aromatic carbocycles. The summed E-state index contributed by atoms with van der Waals surface area (Å²) in [6.07, 6.45) is 11.1. The number of hydrogen-bond acceptors (Lipinski definition) is 0. The van der Waals surface area contributed by atoms with E-state index in [0.29, 0.717) is 0 Å². The second-order valence-electron chi connectivity index (χ2n) is 8.18. The normalized spacial score (nSPS) is 20.3. The van der Waals surface area contributed by atoms with Crippen LogP contribution in [0.1, 0.15) is 13.8 Å². The van der Waals surface area contributed by atoms with Crippen LogP contribution in [0.15, 0.2) is 24.3 Å². The molecule has 0 atom stereocenters. The van der Waals surface area contributed by atoms with E-state index in [2.05, 4.69) is 74.4 Å². The molecule has 1 aliphatic rings. The molecule has 0 amide bonds. The van der Waals surface area contributed by atoms with Crippen LogP contribution >= 0.6 is 19.9 Å². The molecule has 0 radical (unpaired) electrons. The van der Waals surface area contributed by atoms with Crippen LogP contribution in [0.25, 0.3) is 0 Å². The summed E-state index contributed by atoms with van der Waals surface area (Å²) in [6, 6.07) is 0. The molecule has 0 saturated heterocycles. The Labute approximate surface area is 127 Å². The van der Waals surface area contributed by atoms with Gasteiger partial charge in [0.1, 0.15) is 0 Å². The summed E-state index contributed by atoms with van der Waals surface area (Å²) in [5.41, 5.74) is 0. The quantitative estimate of drug-likeness (QED) is 0.367. The summed E-state index contributed by atoms with van der Waals surface area (Å²) in [6.45, 7) is 10.3. The minimum absolute atomic E-state index is 0. The van der Waals surface area contributed by atoms with Gasteiger partial charge in [0.25, 0.3) is 0 Å². The molecular weight excluding hydrogens is 327 g/mol. The Morgan fingerprint density at radius 1 is 0.947 bits per heavy atom. The Bertz CT molecular complexity index is 375. The van der Waals surface area contributed by atoms with Gasteiger partial charge in [-0.2, -0.15) is 0 Å². The molecule has 0 N–H and O–H groups in total. The molecule has 1 rings (SSSR count). The molecule has 0 unspecified atom stereocenters. The topological polar surface area (TPSA) is 0 Å². The van der Waals surface area contributed by atoms with E-state index < -0.39 is 16.6 Å². The molecule has 0 nitrogen and oxygen atoms in total. The van der Waals surface area contributed by atoms with Gasteiger partial charge in [-0.1, -0.05) is 0 Å². The maximum absolute atomic E-state index is 2.71. The van der Waals surface area contributed by atoms with Crippen LogP contribution in [-0.4, -0.2) is 18.6 Å². The monoisotopic (exact) mass is 360 g/mol. The first-order valence-corrected chi connectivity index (χ1v) is 20.2. The average molecular weight is 361 g/mol. The third-order valence-electron chi connectivity index (χ3n) is 5.75. The predicted octanol–water partition coefficient (Wildman–Crippen LogP) is 6.96. The number of rotatable bonds is 5. The van der Waals surface area contributed by atoms with Crippen molar-refractivity contribution >= 4 is 26.2 Å². The minimum Gasteiger partial charge on any atom is -0.147 e. The van der Waals surface area contributed by atoms with Crippen molar-refractivity contribution in [2.45, 2.75) is 54.9 Å². The van der Waals surface area contributed by atoms with Gasteiger partial charge < -0.3 is 0 Å². The van der Waals surface area contributed by atoms with Gasteiger partial charge >= 0.3 is 116 Å². The summed E-state index contributed by atoms with van der Waals surface area (Å²) >= 11 is 0. The molecule has 1 aliphatic carbocycles. The zero-order valence-corrected chi connectivity index (χ0v) is 18.1. The van der Waals surface area contributed by atoms with E-state index in [1.54, 1.807) is 0 Å². The molecular formula is C15H34ClCrPSi. The molecule has 4 heteroatoms. The van der Waals surface area contributed by atoms with Gasteiger partial charge in [0.2, 0.25) is 0 Å². The van der Waals surface area contributed by atoms with Gasteiger partial charge in [-0.15, -0.1) is 12.4 Å². The third-order valence-corrected chi connectivity index (χ3v) is 60.7. The van der Waals surface area contributed by atoms with Crippen molar-refractivity contribution in [3.8, 4) is 0 Å². The fourth-order valence-electron chi connectivity index (χ4n) is 3.03. The summed E-state index contributed by atoms with van der Waals surface area (Å²) < 4.78 is 0.738. The first kappa shape index (κ1) is 19.9. The summed E-state index contributed by atoms with van der Waals surface area (Å²) in [4.78, 5) is 0. The van der Waals surface area contributed by atoms with Crippen LogP contribution in [-0.2, 0) is 10.3 Å². The summed E-state index contributed by atoms with van der Waals surface area (Å²) in [7, 11) is -2.46.